The summed E-state index contributed by atoms with van der Waals surface area (Å²) >= 11 is 0. The lowest BCUT2D eigenvalue weighted by Crippen LogP contribution is -2.51. The number of anilines is 3. The molecule has 14 nitrogen and oxygen atoms in total. The molecular formula is C39H44ClFN6O8S. The van der Waals surface area contributed by atoms with Gasteiger partial charge in [0.2, 0.25) is 5.91 Å². The number of aromatic nitrogens is 3. The lowest BCUT2D eigenvalue weighted by molar-refractivity contribution is -0.142. The van der Waals surface area contributed by atoms with Gasteiger partial charge in [-0.05, 0) is 72.5 Å². The zero-order chi connectivity index (χ0) is 40.2. The summed E-state index contributed by atoms with van der Waals surface area (Å²) in [4.78, 5) is 44.6. The SMILES string of the molecule is COc1cc(S(C)(=O)=O)ccc1N(C(=O)O[C@H](N[C@H](C(=O)O)C(C)C)C(C)C)c1nc2ccc(-c3ccc(NC(=O)[C@H](C)c4ccc(F)cc4)cc3)cn2n1.Cl. The number of ether oxygens (including phenoxy) is 2. The molecule has 2 heterocycles. The molecule has 0 aliphatic rings. The predicted molar refractivity (Wildman–Crippen MR) is 212 cm³/mol. The Morgan fingerprint density at radius 3 is 2.11 bits per heavy atom. The zero-order valence-corrected chi connectivity index (χ0v) is 33.4. The highest BCUT2D eigenvalue weighted by molar-refractivity contribution is 7.90. The summed E-state index contributed by atoms with van der Waals surface area (Å²) in [7, 11) is -2.33. The minimum Gasteiger partial charge on any atom is -0.495 e. The molecule has 0 saturated heterocycles. The molecular weight excluding hydrogens is 767 g/mol. The molecule has 56 heavy (non-hydrogen) atoms. The fraction of sp³-hybridized carbons (Fsp3) is 0.308. The molecule has 5 rings (SSSR count). The highest BCUT2D eigenvalue weighted by Crippen LogP contribution is 2.36. The molecule has 0 saturated carbocycles. The lowest BCUT2D eigenvalue weighted by atomic mass is 10.00. The van der Waals surface area contributed by atoms with E-state index in [2.05, 4.69) is 20.7 Å². The minimum atomic E-state index is -3.65. The predicted octanol–water partition coefficient (Wildman–Crippen LogP) is 7.07. The van der Waals surface area contributed by atoms with E-state index in [0.717, 1.165) is 22.3 Å². The highest BCUT2D eigenvalue weighted by atomic mass is 35.5. The second kappa shape index (κ2) is 17.9. The van der Waals surface area contributed by atoms with E-state index in [1.54, 1.807) is 77.2 Å². The summed E-state index contributed by atoms with van der Waals surface area (Å²) in [6.07, 6.45) is 0.707. The first kappa shape index (κ1) is 43.2. The van der Waals surface area contributed by atoms with Gasteiger partial charge in [-0.3, -0.25) is 14.9 Å². The maximum atomic E-state index is 14.1. The van der Waals surface area contributed by atoms with Gasteiger partial charge in [0.05, 0.1) is 23.6 Å². The van der Waals surface area contributed by atoms with Crippen LogP contribution in [-0.2, 0) is 24.2 Å². The number of sulfone groups is 1. The number of hydrogen-bond donors (Lipinski definition) is 3. The first-order chi connectivity index (χ1) is 26.0. The van der Waals surface area contributed by atoms with Crippen molar-refractivity contribution in [1.29, 1.82) is 0 Å². The molecule has 0 spiro atoms. The molecule has 2 amide bonds. The van der Waals surface area contributed by atoms with Crippen molar-refractivity contribution in [3.8, 4) is 16.9 Å². The van der Waals surface area contributed by atoms with Crippen LogP contribution in [0.15, 0.2) is 90.0 Å². The van der Waals surface area contributed by atoms with E-state index in [0.29, 0.717) is 16.9 Å². The van der Waals surface area contributed by atoms with Gasteiger partial charge in [0.15, 0.2) is 21.7 Å². The van der Waals surface area contributed by atoms with E-state index < -0.39 is 40.1 Å². The van der Waals surface area contributed by atoms with Crippen molar-refractivity contribution >= 4 is 63.2 Å². The Hall–Kier alpha value is -5.58. The van der Waals surface area contributed by atoms with Gasteiger partial charge < -0.3 is 19.9 Å². The maximum absolute atomic E-state index is 14.1. The number of halogens is 2. The summed E-state index contributed by atoms with van der Waals surface area (Å²) in [5, 5.41) is 20.2. The van der Waals surface area contributed by atoms with Crippen LogP contribution in [0, 0.1) is 17.7 Å². The summed E-state index contributed by atoms with van der Waals surface area (Å²) in [5.74, 6) is -3.07. The Labute approximate surface area is 330 Å². The van der Waals surface area contributed by atoms with Crippen LogP contribution in [0.3, 0.4) is 0 Å². The van der Waals surface area contributed by atoms with E-state index >= 15 is 0 Å². The van der Waals surface area contributed by atoms with E-state index in [1.807, 2.05) is 12.1 Å². The van der Waals surface area contributed by atoms with Gasteiger partial charge in [-0.15, -0.1) is 17.5 Å². The van der Waals surface area contributed by atoms with Crippen molar-refractivity contribution < 1.29 is 41.8 Å². The Kier molecular flexibility index (Phi) is 13.8. The number of carboxylic acid groups (broad SMARTS) is 1. The average molecular weight is 811 g/mol. The zero-order valence-electron chi connectivity index (χ0n) is 31.8. The van der Waals surface area contributed by atoms with Crippen molar-refractivity contribution in [3.63, 3.8) is 0 Å². The molecule has 3 atom stereocenters. The smallest absolute Gasteiger partial charge is 0.423 e. The molecule has 0 aliphatic heterocycles. The number of aliphatic carboxylic acids is 1. The van der Waals surface area contributed by atoms with Crippen LogP contribution in [0.5, 0.6) is 5.75 Å². The van der Waals surface area contributed by atoms with Crippen molar-refractivity contribution in [3.05, 3.63) is 96.4 Å². The quantitative estimate of drug-likeness (QED) is 0.0977. The van der Waals surface area contributed by atoms with Crippen LogP contribution in [0.2, 0.25) is 0 Å². The van der Waals surface area contributed by atoms with Crippen LogP contribution >= 0.6 is 12.4 Å². The third-order valence-corrected chi connectivity index (χ3v) is 9.99. The molecule has 3 aromatic carbocycles. The first-order valence-electron chi connectivity index (χ1n) is 17.4. The fourth-order valence-corrected chi connectivity index (χ4v) is 6.28. The largest absolute Gasteiger partial charge is 0.495 e. The van der Waals surface area contributed by atoms with Gasteiger partial charge >= 0.3 is 12.1 Å². The van der Waals surface area contributed by atoms with Crippen LogP contribution < -0.4 is 20.3 Å². The van der Waals surface area contributed by atoms with Crippen molar-refractivity contribution in [2.75, 3.05) is 23.6 Å². The van der Waals surface area contributed by atoms with Crippen LogP contribution in [0.1, 0.15) is 46.1 Å². The Morgan fingerprint density at radius 1 is 0.893 bits per heavy atom. The monoisotopic (exact) mass is 810 g/mol. The molecule has 17 heteroatoms. The number of hydrogen-bond acceptors (Lipinski definition) is 10. The van der Waals surface area contributed by atoms with Gasteiger partial charge in [0.1, 0.15) is 17.6 Å². The molecule has 0 radical (unpaired) electrons. The Morgan fingerprint density at radius 2 is 1.54 bits per heavy atom. The van der Waals surface area contributed by atoms with Gasteiger partial charge in [-0.2, -0.15) is 4.98 Å². The third kappa shape index (κ3) is 9.99. The van der Waals surface area contributed by atoms with Crippen molar-refractivity contribution in [2.45, 2.75) is 57.7 Å². The first-order valence-corrected chi connectivity index (χ1v) is 19.3. The van der Waals surface area contributed by atoms with Crippen LogP contribution in [-0.4, -0.2) is 71.7 Å². The molecule has 3 N–H and O–H groups in total. The molecule has 2 aromatic heterocycles. The highest BCUT2D eigenvalue weighted by Gasteiger charge is 2.33. The number of fused-ring (bicyclic) bond motifs is 1. The summed E-state index contributed by atoms with van der Waals surface area (Å²) < 4.78 is 51.0. The number of carboxylic acids is 1. The molecule has 0 aliphatic carbocycles. The third-order valence-electron chi connectivity index (χ3n) is 8.88. The molecule has 5 aromatic rings. The van der Waals surface area contributed by atoms with Gasteiger partial charge in [0.25, 0.3) is 5.95 Å². The molecule has 0 unspecified atom stereocenters. The van der Waals surface area contributed by atoms with E-state index in [1.165, 1.54) is 42.0 Å². The number of benzene rings is 3. The van der Waals surface area contributed by atoms with Crippen molar-refractivity contribution in [1.82, 2.24) is 19.9 Å². The molecule has 0 bridgehead atoms. The second-order valence-electron chi connectivity index (χ2n) is 13.7. The number of rotatable bonds is 14. The van der Waals surface area contributed by atoms with Crippen molar-refractivity contribution in [2.24, 2.45) is 11.8 Å². The summed E-state index contributed by atoms with van der Waals surface area (Å²) in [6.45, 7) is 8.71. The van der Waals surface area contributed by atoms with Gasteiger partial charge in [-0.1, -0.05) is 52.0 Å². The number of methoxy groups -OCH3 is 1. The fourth-order valence-electron chi connectivity index (χ4n) is 5.65. The number of carbonyl (C=O) groups excluding carboxylic acids is 2. The average Bonchev–Trinajstić information content (AvgIpc) is 3.55. The van der Waals surface area contributed by atoms with Gasteiger partial charge in [0, 0.05) is 35.7 Å². The molecule has 298 valence electrons. The van der Waals surface area contributed by atoms with Crippen LogP contribution in [0.4, 0.5) is 26.5 Å². The second-order valence-corrected chi connectivity index (χ2v) is 15.7. The van der Waals surface area contributed by atoms with Crippen LogP contribution in [0.25, 0.3) is 16.8 Å². The normalized spacial score (nSPS) is 13.1. The standard InChI is InChI=1S/C39H43FN6O8S.ClH/c1-22(2)34(37(48)49)43-36(23(3)4)54-39(50)46(31-18-17-30(55(7,51)52)20-32(31)53-6)38-42-33-19-12-27(21-45(33)44-38)26-10-15-29(16-11-26)41-35(47)24(5)25-8-13-28(40)14-9-25;/h8-24,34,36,43H,1-7H3,(H,41,47)(H,48,49);1H/t24-,34+,36+;/m1./s1. The number of pyridine rings is 1. The van der Waals surface area contributed by atoms with E-state index in [-0.39, 0.29) is 58.2 Å². The number of carbonyl (C=O) groups is 3. The maximum Gasteiger partial charge on any atom is 0.423 e. The summed E-state index contributed by atoms with van der Waals surface area (Å²) in [5.41, 5.74) is 3.18. The van der Waals surface area contributed by atoms with Gasteiger partial charge in [-0.25, -0.2) is 27.0 Å². The minimum absolute atomic E-state index is 0. The van der Waals surface area contributed by atoms with E-state index in [9.17, 15) is 32.3 Å². The molecule has 0 fully saturated rings. The van der Waals surface area contributed by atoms with E-state index in [4.69, 9.17) is 9.47 Å². The summed E-state index contributed by atoms with van der Waals surface area (Å²) in [6, 6.07) is 19.3. The Bertz CT molecular complexity index is 2300. The topological polar surface area (TPSA) is 182 Å². The Balaban J connectivity index is 0.00000696. The lowest BCUT2D eigenvalue weighted by Gasteiger charge is -2.30. The number of nitrogens with zero attached hydrogens (tertiary/aromatic N) is 4. The number of nitrogens with one attached hydrogen (secondary N) is 2. The number of amides is 2.